The van der Waals surface area contributed by atoms with Gasteiger partial charge in [-0.2, -0.15) is 0 Å². The molecule has 0 amide bonds. The summed E-state index contributed by atoms with van der Waals surface area (Å²) in [6.45, 7) is 7.85. The van der Waals surface area contributed by atoms with Crippen LogP contribution in [-0.4, -0.2) is 5.16 Å². The lowest BCUT2D eigenvalue weighted by atomic mass is 9.90. The number of nitrogens with one attached hydrogen (secondary N) is 1. The largest absolute Gasteiger partial charge is 0.360 e. The predicted molar refractivity (Wildman–Crippen MR) is 42.8 cm³/mol. The van der Waals surface area contributed by atoms with Crippen LogP contribution in [0.2, 0.25) is 0 Å². The molecule has 1 aromatic rings. The van der Waals surface area contributed by atoms with Crippen molar-refractivity contribution in [2.75, 3.05) is 0 Å². The standard InChI is InChI=1S/C8H13NO2/c1-5-6(8(2,3)4)9-11-7(5)10/h9H,1-4H3. The van der Waals surface area contributed by atoms with Crippen LogP contribution < -0.4 is 5.63 Å². The molecule has 0 saturated carbocycles. The van der Waals surface area contributed by atoms with E-state index in [1.54, 1.807) is 6.92 Å². The van der Waals surface area contributed by atoms with Gasteiger partial charge in [0.25, 0.3) is 0 Å². The van der Waals surface area contributed by atoms with Gasteiger partial charge < -0.3 is 4.52 Å². The van der Waals surface area contributed by atoms with Gasteiger partial charge in [-0.05, 0) is 6.92 Å². The Hall–Kier alpha value is -0.990. The van der Waals surface area contributed by atoms with Gasteiger partial charge >= 0.3 is 5.63 Å². The van der Waals surface area contributed by atoms with Crippen LogP contribution in [0.5, 0.6) is 0 Å². The lowest BCUT2D eigenvalue weighted by Gasteiger charge is -2.15. The number of hydrogen-bond acceptors (Lipinski definition) is 2. The molecule has 0 fully saturated rings. The molecule has 0 spiro atoms. The first-order valence-electron chi connectivity index (χ1n) is 3.61. The molecule has 62 valence electrons. The fourth-order valence-electron chi connectivity index (χ4n) is 1.07. The van der Waals surface area contributed by atoms with E-state index in [0.29, 0.717) is 5.56 Å². The molecule has 1 aromatic heterocycles. The first kappa shape index (κ1) is 8.11. The highest BCUT2D eigenvalue weighted by atomic mass is 16.5. The van der Waals surface area contributed by atoms with Gasteiger partial charge in [0.2, 0.25) is 0 Å². The normalized spacial score (nSPS) is 12.0. The Labute approximate surface area is 65.4 Å². The Kier molecular flexibility index (Phi) is 1.66. The molecule has 0 aliphatic carbocycles. The third kappa shape index (κ3) is 1.37. The summed E-state index contributed by atoms with van der Waals surface area (Å²) in [7, 11) is 0. The summed E-state index contributed by atoms with van der Waals surface area (Å²) < 4.78 is 4.64. The third-order valence-corrected chi connectivity index (χ3v) is 1.68. The van der Waals surface area contributed by atoms with Crippen molar-refractivity contribution in [1.82, 2.24) is 5.16 Å². The van der Waals surface area contributed by atoms with Crippen LogP contribution in [0.4, 0.5) is 0 Å². The van der Waals surface area contributed by atoms with Gasteiger partial charge in [-0.1, -0.05) is 20.8 Å². The van der Waals surface area contributed by atoms with E-state index in [1.165, 1.54) is 0 Å². The smallest absolute Gasteiger partial charge is 0.339 e. The molecule has 3 heteroatoms. The number of hydrogen-bond donors (Lipinski definition) is 1. The SMILES string of the molecule is Cc1c(C(C)(C)C)[nH]oc1=O. The van der Waals surface area contributed by atoms with Gasteiger partial charge in [-0.3, -0.25) is 0 Å². The van der Waals surface area contributed by atoms with E-state index in [2.05, 4.69) is 9.68 Å². The van der Waals surface area contributed by atoms with Crippen LogP contribution in [-0.2, 0) is 5.41 Å². The molecule has 11 heavy (non-hydrogen) atoms. The van der Waals surface area contributed by atoms with Crippen LogP contribution in [0.25, 0.3) is 0 Å². The molecule has 0 saturated heterocycles. The van der Waals surface area contributed by atoms with E-state index in [4.69, 9.17) is 0 Å². The first-order valence-corrected chi connectivity index (χ1v) is 3.61. The number of aromatic amines is 1. The maximum atomic E-state index is 10.9. The van der Waals surface area contributed by atoms with Crippen LogP contribution in [0.1, 0.15) is 32.0 Å². The average Bonchev–Trinajstić information content (AvgIpc) is 2.11. The molecular weight excluding hydrogens is 142 g/mol. The van der Waals surface area contributed by atoms with Crippen molar-refractivity contribution in [3.05, 3.63) is 21.7 Å². The van der Waals surface area contributed by atoms with Crippen molar-refractivity contribution >= 4 is 0 Å². The Morgan fingerprint density at radius 1 is 1.36 bits per heavy atom. The molecule has 1 N–H and O–H groups in total. The fraction of sp³-hybridized carbons (Fsp3) is 0.625. The van der Waals surface area contributed by atoms with Crippen molar-refractivity contribution in [3.63, 3.8) is 0 Å². The quantitative estimate of drug-likeness (QED) is 0.618. The summed E-state index contributed by atoms with van der Waals surface area (Å²) in [4.78, 5) is 10.9. The Bertz CT molecular complexity index is 301. The lowest BCUT2D eigenvalue weighted by molar-refractivity contribution is 0.370. The van der Waals surface area contributed by atoms with Crippen LogP contribution >= 0.6 is 0 Å². The molecular formula is C8H13NO2. The zero-order valence-corrected chi connectivity index (χ0v) is 7.32. The van der Waals surface area contributed by atoms with Gasteiger partial charge in [-0.15, -0.1) is 0 Å². The second-order valence-electron chi connectivity index (χ2n) is 3.74. The van der Waals surface area contributed by atoms with E-state index in [-0.39, 0.29) is 11.0 Å². The maximum Gasteiger partial charge on any atom is 0.360 e. The Balaban J connectivity index is 3.26. The van der Waals surface area contributed by atoms with Crippen LogP contribution in [0.3, 0.4) is 0 Å². The highest BCUT2D eigenvalue weighted by Crippen LogP contribution is 2.20. The van der Waals surface area contributed by atoms with E-state index in [1.807, 2.05) is 20.8 Å². The summed E-state index contributed by atoms with van der Waals surface area (Å²) in [5.41, 5.74) is 1.24. The monoisotopic (exact) mass is 155 g/mol. The van der Waals surface area contributed by atoms with Crippen LogP contribution in [0.15, 0.2) is 9.32 Å². The van der Waals surface area contributed by atoms with Gasteiger partial charge in [-0.25, -0.2) is 9.95 Å². The van der Waals surface area contributed by atoms with E-state index >= 15 is 0 Å². The molecule has 1 heterocycles. The first-order chi connectivity index (χ1) is 4.93. The summed E-state index contributed by atoms with van der Waals surface area (Å²) in [6.07, 6.45) is 0. The summed E-state index contributed by atoms with van der Waals surface area (Å²) in [5.74, 6) is 0. The zero-order chi connectivity index (χ0) is 8.65. The predicted octanol–water partition coefficient (Wildman–Crippen LogP) is 1.57. The van der Waals surface area contributed by atoms with Crippen molar-refractivity contribution in [2.45, 2.75) is 33.1 Å². The zero-order valence-electron chi connectivity index (χ0n) is 7.32. The fourth-order valence-corrected chi connectivity index (χ4v) is 1.07. The molecule has 0 atom stereocenters. The van der Waals surface area contributed by atoms with Gasteiger partial charge in [0, 0.05) is 5.41 Å². The number of rotatable bonds is 0. The third-order valence-electron chi connectivity index (χ3n) is 1.68. The number of aromatic nitrogens is 1. The highest BCUT2D eigenvalue weighted by molar-refractivity contribution is 5.19. The molecule has 1 rings (SSSR count). The minimum Gasteiger partial charge on any atom is -0.339 e. The average molecular weight is 155 g/mol. The minimum atomic E-state index is -0.269. The molecule has 3 nitrogen and oxygen atoms in total. The number of H-pyrrole nitrogens is 1. The molecule has 0 bridgehead atoms. The van der Waals surface area contributed by atoms with E-state index in [9.17, 15) is 4.79 Å². The second-order valence-corrected chi connectivity index (χ2v) is 3.74. The molecule has 0 aromatic carbocycles. The van der Waals surface area contributed by atoms with Gasteiger partial charge in [0.1, 0.15) is 0 Å². The minimum absolute atomic E-state index is 0.0454. The molecule has 0 unspecified atom stereocenters. The van der Waals surface area contributed by atoms with Crippen molar-refractivity contribution in [3.8, 4) is 0 Å². The van der Waals surface area contributed by atoms with Crippen molar-refractivity contribution in [2.24, 2.45) is 0 Å². The van der Waals surface area contributed by atoms with Gasteiger partial charge in [0.15, 0.2) is 0 Å². The summed E-state index contributed by atoms with van der Waals surface area (Å²) >= 11 is 0. The Morgan fingerprint density at radius 3 is 2.09 bits per heavy atom. The van der Waals surface area contributed by atoms with Gasteiger partial charge in [0.05, 0.1) is 11.3 Å². The Morgan fingerprint density at radius 2 is 1.91 bits per heavy atom. The van der Waals surface area contributed by atoms with E-state index in [0.717, 1.165) is 5.69 Å². The van der Waals surface area contributed by atoms with Crippen LogP contribution in [0, 0.1) is 6.92 Å². The summed E-state index contributed by atoms with van der Waals surface area (Å²) in [6, 6.07) is 0. The van der Waals surface area contributed by atoms with E-state index < -0.39 is 0 Å². The molecule has 0 aliphatic heterocycles. The molecule has 0 aliphatic rings. The molecule has 0 radical (unpaired) electrons. The topological polar surface area (TPSA) is 46.0 Å². The lowest BCUT2D eigenvalue weighted by Crippen LogP contribution is -2.14. The summed E-state index contributed by atoms with van der Waals surface area (Å²) in [5, 5.41) is 2.63. The highest BCUT2D eigenvalue weighted by Gasteiger charge is 2.20. The van der Waals surface area contributed by atoms with Crippen molar-refractivity contribution in [1.29, 1.82) is 0 Å². The maximum absolute atomic E-state index is 10.9. The second kappa shape index (κ2) is 2.26. The van der Waals surface area contributed by atoms with Crippen molar-refractivity contribution < 1.29 is 4.52 Å².